The third kappa shape index (κ3) is 5.67. The number of nitrogens with zero attached hydrogens (tertiary/aromatic N) is 5. The Morgan fingerprint density at radius 1 is 1.24 bits per heavy atom. The quantitative estimate of drug-likeness (QED) is 0.196. The van der Waals surface area contributed by atoms with Gasteiger partial charge in [-0.1, -0.05) is 48.0 Å². The number of aryl methyl sites for hydroxylation is 1. The molecule has 11 nitrogen and oxygen atoms in total. The van der Waals surface area contributed by atoms with Gasteiger partial charge in [0, 0.05) is 54.9 Å². The first-order valence-corrected chi connectivity index (χ1v) is 14.1. The highest BCUT2D eigenvalue weighted by Gasteiger charge is 2.52. The number of hydrogen-bond acceptors (Lipinski definition) is 8. The van der Waals surface area contributed by atoms with E-state index in [0.29, 0.717) is 47.0 Å². The van der Waals surface area contributed by atoms with E-state index < -0.39 is 29.6 Å². The molecule has 2 amide bonds. The van der Waals surface area contributed by atoms with Crippen LogP contribution in [0.1, 0.15) is 43.5 Å². The second kappa shape index (κ2) is 12.0. The Balaban J connectivity index is 1.30. The first-order chi connectivity index (χ1) is 20.1. The van der Waals surface area contributed by atoms with Crippen LogP contribution in [0.15, 0.2) is 60.8 Å². The fourth-order valence-corrected chi connectivity index (χ4v) is 5.50. The number of halogens is 1. The van der Waals surface area contributed by atoms with Gasteiger partial charge in [-0.15, -0.1) is 5.10 Å². The van der Waals surface area contributed by atoms with Crippen LogP contribution in [0.4, 0.5) is 11.4 Å². The Bertz CT molecular complexity index is 1520. The van der Waals surface area contributed by atoms with E-state index in [9.17, 15) is 19.5 Å². The zero-order valence-electron chi connectivity index (χ0n) is 23.3. The Kier molecular flexibility index (Phi) is 8.44. The van der Waals surface area contributed by atoms with E-state index in [-0.39, 0.29) is 25.5 Å². The van der Waals surface area contributed by atoms with Gasteiger partial charge in [0.2, 0.25) is 5.91 Å². The molecule has 2 aromatic carbocycles. The van der Waals surface area contributed by atoms with Crippen molar-refractivity contribution in [2.24, 2.45) is 5.92 Å². The molecule has 5 rings (SSSR count). The molecule has 2 N–H and O–H groups in total. The minimum absolute atomic E-state index is 0.00816. The van der Waals surface area contributed by atoms with Crippen LogP contribution >= 0.6 is 11.6 Å². The van der Waals surface area contributed by atoms with Gasteiger partial charge in [0.1, 0.15) is 0 Å². The number of aliphatic hydroxyl groups is 2. The number of benzene rings is 2. The number of anilines is 2. The second-order valence-electron chi connectivity index (χ2n) is 10.5. The molecule has 0 spiro atoms. The number of β-lactam (4-membered cyclic amide) rings is 1. The summed E-state index contributed by atoms with van der Waals surface area (Å²) >= 11 is 6.30. The van der Waals surface area contributed by atoms with Crippen molar-refractivity contribution in [3.05, 3.63) is 82.7 Å². The van der Waals surface area contributed by atoms with E-state index in [0.717, 1.165) is 5.56 Å². The van der Waals surface area contributed by atoms with Crippen LogP contribution < -0.4 is 9.80 Å². The summed E-state index contributed by atoms with van der Waals surface area (Å²) in [5.74, 6) is -1.63. The Labute approximate surface area is 247 Å². The summed E-state index contributed by atoms with van der Waals surface area (Å²) in [5, 5.41) is 29.4. The Morgan fingerprint density at radius 2 is 2.00 bits per heavy atom. The summed E-state index contributed by atoms with van der Waals surface area (Å²) in [4.78, 5) is 40.3. The molecule has 2 aliphatic heterocycles. The van der Waals surface area contributed by atoms with Gasteiger partial charge < -0.3 is 19.8 Å². The average molecular weight is 594 g/mol. The molecule has 220 valence electrons. The molecule has 3 aromatic rings. The largest absolute Gasteiger partial charge is 0.441 e. The topological polar surface area (TPSA) is 138 Å². The van der Waals surface area contributed by atoms with Crippen molar-refractivity contribution >= 4 is 40.8 Å². The second-order valence-corrected chi connectivity index (χ2v) is 10.9. The van der Waals surface area contributed by atoms with Crippen LogP contribution in [0.2, 0.25) is 5.02 Å². The summed E-state index contributed by atoms with van der Waals surface area (Å²) in [6.07, 6.45) is 6.06. The van der Waals surface area contributed by atoms with E-state index in [2.05, 4.69) is 10.3 Å². The Morgan fingerprint density at radius 3 is 2.69 bits per heavy atom. The molecule has 1 aromatic heterocycles. The average Bonchev–Trinajstić information content (AvgIpc) is 3.48. The van der Waals surface area contributed by atoms with Crippen molar-refractivity contribution in [1.82, 2.24) is 15.0 Å². The van der Waals surface area contributed by atoms with Crippen molar-refractivity contribution < 1.29 is 29.3 Å². The lowest BCUT2D eigenvalue weighted by Gasteiger charge is -2.39. The highest BCUT2D eigenvalue weighted by atomic mass is 35.5. The smallest absolute Gasteiger partial charge is 0.304 e. The number of fused-ring (bicyclic) bond motifs is 1. The lowest BCUT2D eigenvalue weighted by molar-refractivity contribution is -0.153. The fourth-order valence-electron chi connectivity index (χ4n) is 5.33. The van der Waals surface area contributed by atoms with Crippen LogP contribution in [-0.4, -0.2) is 55.8 Å². The van der Waals surface area contributed by atoms with Crippen molar-refractivity contribution in [2.75, 3.05) is 16.4 Å². The number of aliphatic hydroxyl groups excluding tert-OH is 1. The molecule has 1 saturated heterocycles. The van der Waals surface area contributed by atoms with Gasteiger partial charge in [-0.3, -0.25) is 24.0 Å². The van der Waals surface area contributed by atoms with E-state index in [1.165, 1.54) is 11.8 Å². The molecule has 2 aliphatic rings. The molecule has 12 heteroatoms. The summed E-state index contributed by atoms with van der Waals surface area (Å²) in [6.45, 7) is 3.85. The van der Waals surface area contributed by atoms with Gasteiger partial charge in [0.05, 0.1) is 24.3 Å². The normalized spacial score (nSPS) is 20.6. The van der Waals surface area contributed by atoms with Crippen LogP contribution in [0.3, 0.4) is 0 Å². The van der Waals surface area contributed by atoms with Gasteiger partial charge in [-0.25, -0.2) is 0 Å². The van der Waals surface area contributed by atoms with Crippen molar-refractivity contribution in [1.29, 1.82) is 0 Å². The van der Waals surface area contributed by atoms with Gasteiger partial charge in [0.25, 0.3) is 5.91 Å². The first-order valence-electron chi connectivity index (χ1n) is 13.7. The number of aromatic nitrogens is 3. The first kappa shape index (κ1) is 29.4. The molecule has 0 bridgehead atoms. The lowest BCUT2D eigenvalue weighted by Crippen LogP contribution is -2.54. The zero-order valence-corrected chi connectivity index (χ0v) is 24.1. The predicted molar refractivity (Wildman–Crippen MR) is 154 cm³/mol. The van der Waals surface area contributed by atoms with Crippen LogP contribution in [0.5, 0.6) is 0 Å². The van der Waals surface area contributed by atoms with Crippen LogP contribution in [0, 0.1) is 5.92 Å². The third-order valence-corrected chi connectivity index (χ3v) is 7.79. The number of hydrogen-bond donors (Lipinski definition) is 2. The Hall–Kier alpha value is -4.06. The molecule has 1 fully saturated rings. The highest BCUT2D eigenvalue weighted by molar-refractivity contribution is 6.31. The maximum atomic E-state index is 13.8. The van der Waals surface area contributed by atoms with Crippen molar-refractivity contribution in [2.45, 2.75) is 58.0 Å². The molecule has 3 atom stereocenters. The van der Waals surface area contributed by atoms with Gasteiger partial charge in [-0.05, 0) is 42.3 Å². The minimum Gasteiger partial charge on any atom is -0.441 e. The molecule has 3 heterocycles. The van der Waals surface area contributed by atoms with Crippen LogP contribution in [-0.2, 0) is 44.2 Å². The van der Waals surface area contributed by atoms with Gasteiger partial charge in [0.15, 0.2) is 11.8 Å². The van der Waals surface area contributed by atoms with Crippen molar-refractivity contribution in [3.63, 3.8) is 0 Å². The highest BCUT2D eigenvalue weighted by Crippen LogP contribution is 2.46. The lowest BCUT2D eigenvalue weighted by atomic mass is 9.83. The predicted octanol–water partition coefficient (Wildman–Crippen LogP) is 3.11. The van der Waals surface area contributed by atoms with Crippen molar-refractivity contribution in [3.8, 4) is 0 Å². The van der Waals surface area contributed by atoms with E-state index in [1.54, 1.807) is 65.2 Å². The zero-order chi connectivity index (χ0) is 30.0. The minimum atomic E-state index is -1.82. The SMILES string of the molecule is CC(=O)OC1CC(=O)N1c1ccc(CN2C(=O)[C@@](O)([C@@H](C)/C=C/CCn3cc(CCO)nn3)c3cc(Cl)ccc32)cc1. The third-order valence-electron chi connectivity index (χ3n) is 7.56. The number of amides is 2. The van der Waals surface area contributed by atoms with Gasteiger partial charge >= 0.3 is 5.97 Å². The molecule has 0 radical (unpaired) electrons. The van der Waals surface area contributed by atoms with Crippen LogP contribution in [0.25, 0.3) is 0 Å². The summed E-state index contributed by atoms with van der Waals surface area (Å²) < 4.78 is 6.88. The monoisotopic (exact) mass is 593 g/mol. The number of esters is 1. The number of carbonyl (C=O) groups excluding carboxylic acids is 3. The van der Waals surface area contributed by atoms with Gasteiger partial charge in [-0.2, -0.15) is 0 Å². The number of carbonyl (C=O) groups is 3. The summed E-state index contributed by atoms with van der Waals surface area (Å²) in [6, 6.07) is 12.1. The molecular weight excluding hydrogens is 562 g/mol. The molecule has 1 unspecified atom stereocenters. The molecule has 0 saturated carbocycles. The molecular formula is C30H32ClN5O6. The summed E-state index contributed by atoms with van der Waals surface area (Å²) in [5.41, 5.74) is 1.28. The number of ether oxygens (including phenoxy) is 1. The van der Waals surface area contributed by atoms with E-state index >= 15 is 0 Å². The maximum Gasteiger partial charge on any atom is 0.304 e. The maximum absolute atomic E-state index is 13.8. The number of rotatable bonds is 11. The number of allylic oxidation sites excluding steroid dienone is 1. The van der Waals surface area contributed by atoms with E-state index in [1.807, 2.05) is 12.2 Å². The summed E-state index contributed by atoms with van der Waals surface area (Å²) in [7, 11) is 0. The standard InChI is InChI=1S/C30H32ClN5O6/c1-19(5-3-4-13-34-18-23(12-14-37)32-33-34)30(41)25-15-22(31)8-11-26(25)35(29(30)40)17-21-6-9-24(10-7-21)36-27(39)16-28(36)42-20(2)38/h3,5-11,15,18-19,28,37,41H,4,12-14,16-17H2,1-2H3/b5-3+/t19-,28?,30+/m0/s1. The van der Waals surface area contributed by atoms with E-state index in [4.69, 9.17) is 21.4 Å². The fraction of sp³-hybridized carbons (Fsp3) is 0.367. The molecule has 0 aliphatic carbocycles. The molecule has 42 heavy (non-hydrogen) atoms.